The van der Waals surface area contributed by atoms with Gasteiger partial charge in [0.1, 0.15) is 0 Å². The molecule has 1 aromatic carbocycles. The number of hydrogen-bond acceptors (Lipinski definition) is 2. The van der Waals surface area contributed by atoms with E-state index >= 15 is 0 Å². The Morgan fingerprint density at radius 3 is 2.58 bits per heavy atom. The lowest BCUT2D eigenvalue weighted by molar-refractivity contribution is 0.279. The highest BCUT2D eigenvalue weighted by molar-refractivity contribution is 7.76. The van der Waals surface area contributed by atoms with Crippen molar-refractivity contribution in [2.75, 3.05) is 0 Å². The first-order chi connectivity index (χ1) is 5.79. The van der Waals surface area contributed by atoms with Crippen LogP contribution < -0.4 is 0 Å². The van der Waals surface area contributed by atoms with E-state index in [1.54, 1.807) is 0 Å². The van der Waals surface area contributed by atoms with E-state index in [0.29, 0.717) is 0 Å². The molecule has 2 unspecified atom stereocenters. The molecule has 0 radical (unpaired) electrons. The maximum atomic E-state index is 10.5. The highest BCUT2D eigenvalue weighted by atomic mass is 32.2. The Labute approximate surface area is 72.1 Å². The average Bonchev–Trinajstić information content (AvgIpc) is 2.84. The largest absolute Gasteiger partial charge is 0.292 e. The highest BCUT2D eigenvalue weighted by Gasteiger charge is 2.42. The van der Waals surface area contributed by atoms with Crippen LogP contribution in [0.1, 0.15) is 11.8 Å². The molecule has 1 aromatic rings. The van der Waals surface area contributed by atoms with E-state index in [0.717, 1.165) is 10.0 Å². The Balaban J connectivity index is 2.11. The number of benzene rings is 1. The predicted molar refractivity (Wildman–Crippen MR) is 42.9 cm³/mol. The SMILES string of the molecule is O=S(O)N1O[C@H]1c1ccccc1. The Bertz CT molecular complexity index is 303. The number of hydrogen-bond donors (Lipinski definition) is 1. The van der Waals surface area contributed by atoms with Gasteiger partial charge in [0, 0.05) is 5.56 Å². The number of hydroxylamine groups is 1. The van der Waals surface area contributed by atoms with Gasteiger partial charge >= 0.3 is 0 Å². The third-order valence-electron chi connectivity index (χ3n) is 1.59. The van der Waals surface area contributed by atoms with Crippen LogP contribution in [0.5, 0.6) is 0 Å². The van der Waals surface area contributed by atoms with Crippen LogP contribution in [0.25, 0.3) is 0 Å². The number of rotatable bonds is 2. The molecule has 0 spiro atoms. The monoisotopic (exact) mass is 185 g/mol. The zero-order chi connectivity index (χ0) is 8.55. The summed E-state index contributed by atoms with van der Waals surface area (Å²) in [6, 6.07) is 9.28. The van der Waals surface area contributed by atoms with Gasteiger partial charge in [0.15, 0.2) is 6.23 Å². The summed E-state index contributed by atoms with van der Waals surface area (Å²) in [7, 11) is 0. The van der Waals surface area contributed by atoms with Crippen molar-refractivity contribution < 1.29 is 13.6 Å². The quantitative estimate of drug-likeness (QED) is 0.554. The topological polar surface area (TPSA) is 52.8 Å². The number of nitrogens with zero attached hydrogens (tertiary/aromatic N) is 1. The molecule has 2 rings (SSSR count). The standard InChI is InChI=1S/C7H7NO3S/c9-12(10)8-7(11-8)6-4-2-1-3-5-6/h1-5,7H,(H,9,10)/t7-,8?/m0/s1. The van der Waals surface area contributed by atoms with Crippen LogP contribution in [0, 0.1) is 0 Å². The van der Waals surface area contributed by atoms with Gasteiger partial charge in [0.25, 0.3) is 11.3 Å². The molecule has 1 aliphatic rings. The predicted octanol–water partition coefficient (Wildman–Crippen LogP) is 1.07. The fraction of sp³-hybridized carbons (Fsp3) is 0.143. The first-order valence-corrected chi connectivity index (χ1v) is 4.47. The second-order valence-electron chi connectivity index (χ2n) is 2.38. The van der Waals surface area contributed by atoms with Crippen molar-refractivity contribution in [2.24, 2.45) is 0 Å². The normalized spacial score (nSPS) is 29.8. The molecular weight excluding hydrogens is 178 g/mol. The molecule has 3 atom stereocenters. The van der Waals surface area contributed by atoms with Crippen molar-refractivity contribution in [1.29, 1.82) is 0 Å². The molecule has 0 bridgehead atoms. The summed E-state index contributed by atoms with van der Waals surface area (Å²) in [6.45, 7) is 0. The molecule has 64 valence electrons. The Morgan fingerprint density at radius 2 is 2.08 bits per heavy atom. The van der Waals surface area contributed by atoms with Gasteiger partial charge in [-0.15, -0.1) is 0 Å². The van der Waals surface area contributed by atoms with E-state index in [9.17, 15) is 4.21 Å². The third kappa shape index (κ3) is 1.39. The van der Waals surface area contributed by atoms with Gasteiger partial charge < -0.3 is 0 Å². The Morgan fingerprint density at radius 1 is 1.42 bits per heavy atom. The lowest BCUT2D eigenvalue weighted by Crippen LogP contribution is -2.00. The zero-order valence-electron chi connectivity index (χ0n) is 6.08. The van der Waals surface area contributed by atoms with E-state index in [1.807, 2.05) is 30.3 Å². The van der Waals surface area contributed by atoms with E-state index in [2.05, 4.69) is 0 Å². The smallest absolute Gasteiger partial charge is 0.262 e. The molecule has 1 heterocycles. The van der Waals surface area contributed by atoms with Crippen LogP contribution in [0.2, 0.25) is 0 Å². The molecule has 1 saturated heterocycles. The fourth-order valence-electron chi connectivity index (χ4n) is 0.990. The summed E-state index contributed by atoms with van der Waals surface area (Å²) in [5.41, 5.74) is 0.889. The minimum Gasteiger partial charge on any atom is -0.292 e. The van der Waals surface area contributed by atoms with Crippen LogP contribution in [0.3, 0.4) is 0 Å². The Kier molecular flexibility index (Phi) is 1.93. The molecule has 0 aromatic heterocycles. The fourth-order valence-corrected chi connectivity index (χ4v) is 1.43. The second-order valence-corrected chi connectivity index (χ2v) is 3.21. The molecule has 1 aliphatic heterocycles. The van der Waals surface area contributed by atoms with Gasteiger partial charge in [-0.1, -0.05) is 30.3 Å². The van der Waals surface area contributed by atoms with Crippen LogP contribution in [-0.4, -0.2) is 13.2 Å². The summed E-state index contributed by atoms with van der Waals surface area (Å²) in [5, 5.41) is 0. The van der Waals surface area contributed by atoms with Crippen molar-refractivity contribution in [2.45, 2.75) is 6.23 Å². The van der Waals surface area contributed by atoms with Crippen molar-refractivity contribution >= 4 is 11.3 Å². The van der Waals surface area contributed by atoms with Crippen molar-refractivity contribution in [3.63, 3.8) is 0 Å². The Hall–Kier alpha value is -0.750. The summed E-state index contributed by atoms with van der Waals surface area (Å²) < 4.78 is 20.1. The third-order valence-corrected chi connectivity index (χ3v) is 2.17. The first-order valence-electron chi connectivity index (χ1n) is 3.41. The maximum absolute atomic E-state index is 10.5. The highest BCUT2D eigenvalue weighted by Crippen LogP contribution is 2.37. The molecule has 4 nitrogen and oxygen atoms in total. The van der Waals surface area contributed by atoms with Gasteiger partial charge in [-0.2, -0.15) is 0 Å². The lowest BCUT2D eigenvalue weighted by Gasteiger charge is -1.91. The summed E-state index contributed by atoms with van der Waals surface area (Å²) in [6.07, 6.45) is -0.350. The molecule has 0 saturated carbocycles. The molecular formula is C7H7NO3S. The van der Waals surface area contributed by atoms with Gasteiger partial charge in [0.05, 0.1) is 0 Å². The first kappa shape index (κ1) is 7.88. The minimum absolute atomic E-state index is 0.350. The van der Waals surface area contributed by atoms with Crippen molar-refractivity contribution in [3.05, 3.63) is 35.9 Å². The van der Waals surface area contributed by atoms with Crippen LogP contribution >= 0.6 is 0 Å². The molecule has 1 N–H and O–H groups in total. The van der Waals surface area contributed by atoms with Crippen molar-refractivity contribution in [3.8, 4) is 0 Å². The van der Waals surface area contributed by atoms with E-state index in [-0.39, 0.29) is 6.23 Å². The molecule has 12 heavy (non-hydrogen) atoms. The van der Waals surface area contributed by atoms with E-state index in [4.69, 9.17) is 9.39 Å². The van der Waals surface area contributed by atoms with Gasteiger partial charge in [-0.25, -0.2) is 4.21 Å². The summed E-state index contributed by atoms with van der Waals surface area (Å²) in [5.74, 6) is 0. The summed E-state index contributed by atoms with van der Waals surface area (Å²) >= 11 is -2.03. The average molecular weight is 185 g/mol. The van der Waals surface area contributed by atoms with Crippen LogP contribution in [0.15, 0.2) is 30.3 Å². The van der Waals surface area contributed by atoms with Crippen molar-refractivity contribution in [1.82, 2.24) is 4.47 Å². The molecule has 0 aliphatic carbocycles. The van der Waals surface area contributed by atoms with Gasteiger partial charge in [-0.3, -0.25) is 9.39 Å². The summed E-state index contributed by atoms with van der Waals surface area (Å²) in [4.78, 5) is 4.85. The molecule has 0 amide bonds. The van der Waals surface area contributed by atoms with E-state index in [1.165, 1.54) is 0 Å². The van der Waals surface area contributed by atoms with E-state index < -0.39 is 11.3 Å². The van der Waals surface area contributed by atoms with Gasteiger partial charge in [0.2, 0.25) is 0 Å². The minimum atomic E-state index is -2.03. The van der Waals surface area contributed by atoms with Gasteiger partial charge in [-0.05, 0) is 4.47 Å². The molecule has 5 heteroatoms. The maximum Gasteiger partial charge on any atom is 0.262 e. The van der Waals surface area contributed by atoms with Crippen LogP contribution in [-0.2, 0) is 16.1 Å². The molecule has 1 fully saturated rings. The van der Waals surface area contributed by atoms with Crippen LogP contribution in [0.4, 0.5) is 0 Å². The lowest BCUT2D eigenvalue weighted by atomic mass is 10.2. The second kappa shape index (κ2) is 2.95. The zero-order valence-corrected chi connectivity index (χ0v) is 6.90.